The fourth-order valence-corrected chi connectivity index (χ4v) is 11.5. The first-order valence-electron chi connectivity index (χ1n) is 36.4. The predicted molar refractivity (Wildman–Crippen MR) is 355 cm³/mol. The Bertz CT molecular complexity index is 1250. The molecule has 4 heteroatoms. The van der Waals surface area contributed by atoms with Gasteiger partial charge in [-0.3, -0.25) is 4.79 Å². The topological polar surface area (TPSA) is 69.6 Å². The number of allylic oxidation sites excluding steroid dienone is 7. The van der Waals surface area contributed by atoms with Gasteiger partial charge in [0.1, 0.15) is 0 Å². The average Bonchev–Trinajstić information content (AvgIpc) is 3.45. The standard InChI is InChI=1S/C75H143NO3/c1-3-5-7-9-11-13-15-17-19-21-23-25-27-29-31-33-34-35-36-37-38-39-40-41-42-43-45-47-49-51-53-55-57-59-61-63-65-67-69-71-75(79)76-73(72-77)74(78)70-68-66-64-62-60-58-56-54-52-50-48-46-44-32-30-28-26-24-22-20-18-16-14-12-10-8-6-4-2/h21,23,52,54,60,62,68,70,73-74,77-78H,3-20,22,24-51,53,55-59,61,63-67,69,71-72H2,1-2H3,(H,76,79)/b23-21-,54-52+,62-60+,70-68+. The van der Waals surface area contributed by atoms with E-state index in [2.05, 4.69) is 55.6 Å². The van der Waals surface area contributed by atoms with Gasteiger partial charge in [-0.05, 0) is 70.6 Å². The van der Waals surface area contributed by atoms with Crippen molar-refractivity contribution < 1.29 is 15.0 Å². The number of carbonyl (C=O) groups excluding carboxylic acids is 1. The van der Waals surface area contributed by atoms with Gasteiger partial charge in [0.15, 0.2) is 0 Å². The van der Waals surface area contributed by atoms with Gasteiger partial charge in [0.05, 0.1) is 18.8 Å². The second-order valence-electron chi connectivity index (χ2n) is 25.0. The molecule has 0 saturated carbocycles. The molecule has 0 rings (SSSR count). The summed E-state index contributed by atoms with van der Waals surface area (Å²) >= 11 is 0. The fourth-order valence-electron chi connectivity index (χ4n) is 11.5. The molecular weight excluding hydrogens is 963 g/mol. The van der Waals surface area contributed by atoms with Crippen molar-refractivity contribution >= 4 is 5.91 Å². The first-order chi connectivity index (χ1) is 39.2. The number of rotatable bonds is 68. The molecule has 0 fully saturated rings. The number of unbranched alkanes of at least 4 members (excludes halogenated alkanes) is 55. The summed E-state index contributed by atoms with van der Waals surface area (Å²) < 4.78 is 0. The lowest BCUT2D eigenvalue weighted by Crippen LogP contribution is -2.45. The van der Waals surface area contributed by atoms with Crippen LogP contribution in [0, 0.1) is 0 Å². The molecule has 0 aliphatic carbocycles. The highest BCUT2D eigenvalue weighted by Crippen LogP contribution is 2.19. The van der Waals surface area contributed by atoms with Crippen LogP contribution in [0.15, 0.2) is 48.6 Å². The van der Waals surface area contributed by atoms with Gasteiger partial charge in [0.2, 0.25) is 5.91 Å². The normalized spacial score (nSPS) is 12.9. The third kappa shape index (κ3) is 67.0. The Labute approximate surface area is 496 Å². The van der Waals surface area contributed by atoms with Crippen LogP contribution in [0.3, 0.4) is 0 Å². The SMILES string of the molecule is CCCCCCCCCC/C=C\CCCCCCCCCCCCCCCCCCCCCCCCCCCCCC(=O)NC(CO)C(O)/C=C/CC/C=C/CC/C=C/CCCCCCCCCCCCCCCCCCCC. The number of aliphatic hydroxyl groups is 2. The van der Waals surface area contributed by atoms with Crippen molar-refractivity contribution in [2.24, 2.45) is 0 Å². The van der Waals surface area contributed by atoms with Gasteiger partial charge in [-0.25, -0.2) is 0 Å². The minimum Gasteiger partial charge on any atom is -0.394 e. The molecule has 0 spiro atoms. The molecule has 0 aromatic carbocycles. The molecule has 0 aromatic heterocycles. The number of hydrogen-bond acceptors (Lipinski definition) is 3. The molecule has 0 saturated heterocycles. The third-order valence-corrected chi connectivity index (χ3v) is 17.0. The molecule has 3 N–H and O–H groups in total. The van der Waals surface area contributed by atoms with E-state index < -0.39 is 12.1 Å². The smallest absolute Gasteiger partial charge is 0.220 e. The summed E-state index contributed by atoms with van der Waals surface area (Å²) in [5.41, 5.74) is 0. The maximum absolute atomic E-state index is 12.5. The molecule has 79 heavy (non-hydrogen) atoms. The van der Waals surface area contributed by atoms with Crippen LogP contribution in [-0.2, 0) is 4.79 Å². The Morgan fingerprint density at radius 3 is 0.734 bits per heavy atom. The summed E-state index contributed by atoms with van der Waals surface area (Å²) in [5, 5.41) is 23.3. The van der Waals surface area contributed by atoms with Crippen LogP contribution in [0.2, 0.25) is 0 Å². The van der Waals surface area contributed by atoms with Crippen LogP contribution in [0.25, 0.3) is 0 Å². The number of amides is 1. The van der Waals surface area contributed by atoms with Crippen LogP contribution >= 0.6 is 0 Å². The van der Waals surface area contributed by atoms with Crippen molar-refractivity contribution in [3.05, 3.63) is 48.6 Å². The predicted octanol–water partition coefficient (Wildman–Crippen LogP) is 24.9. The first kappa shape index (κ1) is 77.3. The summed E-state index contributed by atoms with van der Waals surface area (Å²) in [4.78, 5) is 12.5. The van der Waals surface area contributed by atoms with E-state index in [1.165, 1.54) is 347 Å². The van der Waals surface area contributed by atoms with Crippen LogP contribution in [0.4, 0.5) is 0 Å². The van der Waals surface area contributed by atoms with E-state index in [-0.39, 0.29) is 12.5 Å². The van der Waals surface area contributed by atoms with Crippen LogP contribution in [0.5, 0.6) is 0 Å². The number of nitrogens with one attached hydrogen (secondary N) is 1. The fraction of sp³-hybridized carbons (Fsp3) is 0.880. The second-order valence-corrected chi connectivity index (χ2v) is 25.0. The summed E-state index contributed by atoms with van der Waals surface area (Å²) in [6.07, 6.45) is 99.4. The molecule has 4 nitrogen and oxygen atoms in total. The number of aliphatic hydroxyl groups excluding tert-OH is 2. The van der Waals surface area contributed by atoms with Crippen LogP contribution < -0.4 is 5.32 Å². The zero-order valence-electron chi connectivity index (χ0n) is 53.9. The Morgan fingerprint density at radius 2 is 0.494 bits per heavy atom. The van der Waals surface area contributed by atoms with Crippen LogP contribution in [-0.4, -0.2) is 34.9 Å². The van der Waals surface area contributed by atoms with Gasteiger partial charge < -0.3 is 15.5 Å². The average molecular weight is 1110 g/mol. The molecule has 2 atom stereocenters. The van der Waals surface area contributed by atoms with E-state index in [9.17, 15) is 15.0 Å². The monoisotopic (exact) mass is 1110 g/mol. The molecular formula is C75H143NO3. The third-order valence-electron chi connectivity index (χ3n) is 17.0. The first-order valence-corrected chi connectivity index (χ1v) is 36.4. The Balaban J connectivity index is 3.44. The Kier molecular flexibility index (Phi) is 69.1. The molecule has 0 bridgehead atoms. The molecule has 0 heterocycles. The van der Waals surface area contributed by atoms with Crippen molar-refractivity contribution in [2.75, 3.05) is 6.61 Å². The lowest BCUT2D eigenvalue weighted by molar-refractivity contribution is -0.123. The molecule has 2 unspecified atom stereocenters. The van der Waals surface area contributed by atoms with Gasteiger partial charge in [-0.1, -0.05) is 377 Å². The summed E-state index contributed by atoms with van der Waals surface area (Å²) in [5.74, 6) is -0.0701. The molecule has 0 aromatic rings. The van der Waals surface area contributed by atoms with Gasteiger partial charge in [0, 0.05) is 6.42 Å². The zero-order valence-corrected chi connectivity index (χ0v) is 53.9. The maximum atomic E-state index is 12.5. The van der Waals surface area contributed by atoms with E-state index >= 15 is 0 Å². The minimum absolute atomic E-state index is 0.0701. The highest BCUT2D eigenvalue weighted by molar-refractivity contribution is 5.76. The summed E-state index contributed by atoms with van der Waals surface area (Å²) in [6.45, 7) is 4.34. The Morgan fingerprint density at radius 1 is 0.291 bits per heavy atom. The molecule has 0 aliphatic rings. The number of carbonyl (C=O) groups is 1. The largest absolute Gasteiger partial charge is 0.394 e. The molecule has 466 valence electrons. The van der Waals surface area contributed by atoms with Crippen molar-refractivity contribution in [1.82, 2.24) is 5.32 Å². The van der Waals surface area contributed by atoms with Gasteiger partial charge in [-0.2, -0.15) is 0 Å². The number of hydrogen-bond donors (Lipinski definition) is 3. The summed E-state index contributed by atoms with van der Waals surface area (Å²) in [6, 6.07) is -0.647. The van der Waals surface area contributed by atoms with Gasteiger partial charge >= 0.3 is 0 Å². The minimum atomic E-state index is -0.871. The van der Waals surface area contributed by atoms with E-state index in [4.69, 9.17) is 0 Å². The Hall–Kier alpha value is -1.65. The highest BCUT2D eigenvalue weighted by Gasteiger charge is 2.18. The van der Waals surface area contributed by atoms with E-state index in [1.54, 1.807) is 6.08 Å². The molecule has 0 aliphatic heterocycles. The second kappa shape index (κ2) is 70.6. The van der Waals surface area contributed by atoms with Crippen LogP contribution in [0.1, 0.15) is 406 Å². The van der Waals surface area contributed by atoms with Crippen molar-refractivity contribution in [2.45, 2.75) is 418 Å². The van der Waals surface area contributed by atoms with Crippen molar-refractivity contribution in [1.29, 1.82) is 0 Å². The van der Waals surface area contributed by atoms with E-state index in [0.29, 0.717) is 6.42 Å². The maximum Gasteiger partial charge on any atom is 0.220 e. The van der Waals surface area contributed by atoms with Crippen molar-refractivity contribution in [3.63, 3.8) is 0 Å². The van der Waals surface area contributed by atoms with Crippen molar-refractivity contribution in [3.8, 4) is 0 Å². The van der Waals surface area contributed by atoms with E-state index in [0.717, 1.165) is 38.5 Å². The lowest BCUT2D eigenvalue weighted by Gasteiger charge is -2.19. The lowest BCUT2D eigenvalue weighted by atomic mass is 10.0. The quantitative estimate of drug-likeness (QED) is 0.0420. The van der Waals surface area contributed by atoms with E-state index in [1.807, 2.05) is 6.08 Å². The highest BCUT2D eigenvalue weighted by atomic mass is 16.3. The summed E-state index contributed by atoms with van der Waals surface area (Å²) in [7, 11) is 0. The zero-order chi connectivity index (χ0) is 56.9. The van der Waals surface area contributed by atoms with Gasteiger partial charge in [-0.15, -0.1) is 0 Å². The molecule has 1 amide bonds. The molecule has 0 radical (unpaired) electrons. The van der Waals surface area contributed by atoms with Gasteiger partial charge in [0.25, 0.3) is 0 Å².